The minimum atomic E-state index is 0.00676. The molecule has 104 valence electrons. The molecule has 0 spiro atoms. The van der Waals surface area contributed by atoms with Crippen LogP contribution in [0.2, 0.25) is 0 Å². The third kappa shape index (κ3) is 3.98. The van der Waals surface area contributed by atoms with Crippen molar-refractivity contribution in [2.24, 2.45) is 11.8 Å². The molecule has 2 rings (SSSR count). The van der Waals surface area contributed by atoms with E-state index in [1.807, 2.05) is 32.0 Å². The fourth-order valence-corrected chi connectivity index (χ4v) is 2.55. The first kappa shape index (κ1) is 13.9. The molecule has 0 radical (unpaired) electrons. The van der Waals surface area contributed by atoms with Gasteiger partial charge < -0.3 is 10.6 Å². The highest BCUT2D eigenvalue weighted by Gasteiger charge is 2.20. The lowest BCUT2D eigenvalue weighted by Gasteiger charge is -2.15. The lowest BCUT2D eigenvalue weighted by Crippen LogP contribution is -2.18. The van der Waals surface area contributed by atoms with Crippen molar-refractivity contribution < 1.29 is 4.79 Å². The molecule has 0 heterocycles. The molecule has 0 aromatic heterocycles. The maximum atomic E-state index is 11.7. The summed E-state index contributed by atoms with van der Waals surface area (Å²) in [6.45, 7) is 6.11. The Labute approximate surface area is 115 Å². The Morgan fingerprint density at radius 2 is 2.00 bits per heavy atom. The van der Waals surface area contributed by atoms with Crippen molar-refractivity contribution in [3.8, 4) is 0 Å². The van der Waals surface area contributed by atoms with Crippen LogP contribution in [0, 0.1) is 11.8 Å². The number of rotatable bonds is 4. The standard InChI is InChI=1S/C16H24N2O/c1-11(2)16(19)18-14-6-4-5-13(10-14)17-15-8-7-12(3)9-15/h4-6,10-12,15,17H,7-9H2,1-3H3,(H,18,19). The number of carbonyl (C=O) groups is 1. The highest BCUT2D eigenvalue weighted by molar-refractivity contribution is 5.92. The van der Waals surface area contributed by atoms with E-state index in [-0.39, 0.29) is 11.8 Å². The minimum absolute atomic E-state index is 0.00676. The molecular formula is C16H24N2O. The van der Waals surface area contributed by atoms with Crippen LogP contribution in [0.3, 0.4) is 0 Å². The second-order valence-electron chi connectivity index (χ2n) is 5.98. The van der Waals surface area contributed by atoms with Crippen molar-refractivity contribution in [3.05, 3.63) is 24.3 Å². The smallest absolute Gasteiger partial charge is 0.226 e. The number of carbonyl (C=O) groups excluding carboxylic acids is 1. The molecule has 2 atom stereocenters. The molecule has 1 aliphatic carbocycles. The van der Waals surface area contributed by atoms with E-state index >= 15 is 0 Å². The SMILES string of the molecule is CC1CCC(Nc2cccc(NC(=O)C(C)C)c2)C1. The minimum Gasteiger partial charge on any atom is -0.382 e. The second-order valence-corrected chi connectivity index (χ2v) is 5.98. The zero-order valence-corrected chi connectivity index (χ0v) is 12.1. The normalized spacial score (nSPS) is 22.5. The van der Waals surface area contributed by atoms with Gasteiger partial charge in [0.15, 0.2) is 0 Å². The Hall–Kier alpha value is -1.51. The van der Waals surface area contributed by atoms with Gasteiger partial charge in [0.2, 0.25) is 5.91 Å². The predicted molar refractivity (Wildman–Crippen MR) is 80.3 cm³/mol. The number of hydrogen-bond acceptors (Lipinski definition) is 2. The molecule has 1 aromatic rings. The summed E-state index contributed by atoms with van der Waals surface area (Å²) in [5, 5.41) is 6.50. The summed E-state index contributed by atoms with van der Waals surface area (Å²) in [7, 11) is 0. The first-order chi connectivity index (χ1) is 9.04. The number of amides is 1. The Balaban J connectivity index is 1.97. The summed E-state index contributed by atoms with van der Waals surface area (Å²) in [6, 6.07) is 8.57. The average molecular weight is 260 g/mol. The molecule has 1 amide bonds. The van der Waals surface area contributed by atoms with Gasteiger partial charge in [0.05, 0.1) is 0 Å². The van der Waals surface area contributed by atoms with Crippen LogP contribution in [0.5, 0.6) is 0 Å². The third-order valence-electron chi connectivity index (χ3n) is 3.72. The van der Waals surface area contributed by atoms with Crippen LogP contribution in [-0.2, 0) is 4.79 Å². The Bertz CT molecular complexity index is 442. The number of nitrogens with one attached hydrogen (secondary N) is 2. The molecule has 0 bridgehead atoms. The average Bonchev–Trinajstić information content (AvgIpc) is 2.75. The van der Waals surface area contributed by atoms with Gasteiger partial charge in [0.1, 0.15) is 0 Å². The van der Waals surface area contributed by atoms with Gasteiger partial charge in [-0.2, -0.15) is 0 Å². The molecule has 3 heteroatoms. The molecule has 19 heavy (non-hydrogen) atoms. The van der Waals surface area contributed by atoms with Gasteiger partial charge in [-0.1, -0.05) is 26.8 Å². The van der Waals surface area contributed by atoms with E-state index in [0.29, 0.717) is 6.04 Å². The topological polar surface area (TPSA) is 41.1 Å². The second kappa shape index (κ2) is 6.09. The molecule has 3 nitrogen and oxygen atoms in total. The zero-order valence-electron chi connectivity index (χ0n) is 12.1. The van der Waals surface area contributed by atoms with Gasteiger partial charge in [-0.25, -0.2) is 0 Å². The van der Waals surface area contributed by atoms with Crippen LogP contribution in [0.4, 0.5) is 11.4 Å². The summed E-state index contributed by atoms with van der Waals surface area (Å²) < 4.78 is 0. The van der Waals surface area contributed by atoms with Crippen molar-refractivity contribution in [1.29, 1.82) is 0 Å². The summed E-state index contributed by atoms with van der Waals surface area (Å²) in [5.41, 5.74) is 1.97. The van der Waals surface area contributed by atoms with Crippen molar-refractivity contribution in [2.45, 2.75) is 46.1 Å². The predicted octanol–water partition coefficient (Wildman–Crippen LogP) is 3.88. The van der Waals surface area contributed by atoms with Crippen molar-refractivity contribution in [1.82, 2.24) is 0 Å². The molecule has 0 saturated heterocycles. The lowest BCUT2D eigenvalue weighted by atomic mass is 10.1. The monoisotopic (exact) mass is 260 g/mol. The molecule has 1 fully saturated rings. The zero-order chi connectivity index (χ0) is 13.8. The Kier molecular flexibility index (Phi) is 4.46. The van der Waals surface area contributed by atoms with Crippen LogP contribution in [0.1, 0.15) is 40.0 Å². The van der Waals surface area contributed by atoms with E-state index in [2.05, 4.69) is 23.6 Å². The summed E-state index contributed by atoms with van der Waals surface area (Å²) in [6.07, 6.45) is 3.79. The lowest BCUT2D eigenvalue weighted by molar-refractivity contribution is -0.118. The molecule has 1 aliphatic rings. The van der Waals surface area contributed by atoms with Gasteiger partial charge in [0.25, 0.3) is 0 Å². The van der Waals surface area contributed by atoms with Crippen molar-refractivity contribution in [2.75, 3.05) is 10.6 Å². The van der Waals surface area contributed by atoms with E-state index in [4.69, 9.17) is 0 Å². The number of anilines is 2. The molecular weight excluding hydrogens is 236 g/mol. The van der Waals surface area contributed by atoms with Crippen LogP contribution >= 0.6 is 0 Å². The van der Waals surface area contributed by atoms with Crippen LogP contribution in [0.25, 0.3) is 0 Å². The fourth-order valence-electron chi connectivity index (χ4n) is 2.55. The van der Waals surface area contributed by atoms with Gasteiger partial charge in [-0.3, -0.25) is 4.79 Å². The van der Waals surface area contributed by atoms with Crippen LogP contribution in [-0.4, -0.2) is 11.9 Å². The Morgan fingerprint density at radius 1 is 1.26 bits per heavy atom. The van der Waals surface area contributed by atoms with Crippen LogP contribution < -0.4 is 10.6 Å². The van der Waals surface area contributed by atoms with Crippen molar-refractivity contribution in [3.63, 3.8) is 0 Å². The van der Waals surface area contributed by atoms with Crippen LogP contribution in [0.15, 0.2) is 24.3 Å². The molecule has 1 saturated carbocycles. The Morgan fingerprint density at radius 3 is 2.63 bits per heavy atom. The maximum absolute atomic E-state index is 11.7. The molecule has 2 N–H and O–H groups in total. The van der Waals surface area contributed by atoms with E-state index in [1.54, 1.807) is 0 Å². The first-order valence-corrected chi connectivity index (χ1v) is 7.22. The van der Waals surface area contributed by atoms with Gasteiger partial charge >= 0.3 is 0 Å². The third-order valence-corrected chi connectivity index (χ3v) is 3.72. The highest BCUT2D eigenvalue weighted by atomic mass is 16.1. The first-order valence-electron chi connectivity index (χ1n) is 7.22. The number of benzene rings is 1. The summed E-state index contributed by atoms with van der Waals surface area (Å²) in [5.74, 6) is 0.889. The summed E-state index contributed by atoms with van der Waals surface area (Å²) in [4.78, 5) is 11.7. The van der Waals surface area contributed by atoms with Gasteiger partial charge in [0, 0.05) is 23.3 Å². The molecule has 1 aromatic carbocycles. The summed E-state index contributed by atoms with van der Waals surface area (Å²) >= 11 is 0. The van der Waals surface area contributed by atoms with E-state index in [0.717, 1.165) is 17.3 Å². The van der Waals surface area contributed by atoms with Gasteiger partial charge in [-0.15, -0.1) is 0 Å². The van der Waals surface area contributed by atoms with Gasteiger partial charge in [-0.05, 0) is 43.4 Å². The fraction of sp³-hybridized carbons (Fsp3) is 0.562. The molecule has 0 aliphatic heterocycles. The maximum Gasteiger partial charge on any atom is 0.226 e. The largest absolute Gasteiger partial charge is 0.382 e. The number of hydrogen-bond donors (Lipinski definition) is 2. The van der Waals surface area contributed by atoms with E-state index in [9.17, 15) is 4.79 Å². The van der Waals surface area contributed by atoms with E-state index in [1.165, 1.54) is 19.3 Å². The van der Waals surface area contributed by atoms with E-state index < -0.39 is 0 Å². The highest BCUT2D eigenvalue weighted by Crippen LogP contribution is 2.28. The quantitative estimate of drug-likeness (QED) is 0.862. The molecule has 2 unspecified atom stereocenters. The van der Waals surface area contributed by atoms with Crippen molar-refractivity contribution >= 4 is 17.3 Å².